The lowest BCUT2D eigenvalue weighted by molar-refractivity contribution is -0.139. The SMILES string of the molecule is CCCOc1cnc(OC(=O)C(C)CC)nc1-c1ccccc1. The first-order valence-corrected chi connectivity index (χ1v) is 7.92. The highest BCUT2D eigenvalue weighted by Crippen LogP contribution is 2.29. The van der Waals surface area contributed by atoms with Crippen molar-refractivity contribution < 1.29 is 14.3 Å². The van der Waals surface area contributed by atoms with Gasteiger partial charge in [-0.3, -0.25) is 4.79 Å². The Bertz CT molecular complexity index is 644. The molecule has 1 aromatic carbocycles. The number of carbonyl (C=O) groups is 1. The van der Waals surface area contributed by atoms with Crippen LogP contribution in [0.25, 0.3) is 11.3 Å². The fourth-order valence-electron chi connectivity index (χ4n) is 1.88. The molecule has 23 heavy (non-hydrogen) atoms. The number of ether oxygens (including phenoxy) is 2. The van der Waals surface area contributed by atoms with Crippen LogP contribution in [0.3, 0.4) is 0 Å². The van der Waals surface area contributed by atoms with Gasteiger partial charge in [-0.25, -0.2) is 0 Å². The summed E-state index contributed by atoms with van der Waals surface area (Å²) in [7, 11) is 0. The van der Waals surface area contributed by atoms with Gasteiger partial charge in [-0.2, -0.15) is 9.97 Å². The third-order valence-corrected chi connectivity index (χ3v) is 3.45. The molecule has 1 unspecified atom stereocenters. The summed E-state index contributed by atoms with van der Waals surface area (Å²) in [4.78, 5) is 20.4. The Labute approximate surface area is 136 Å². The average Bonchev–Trinajstić information content (AvgIpc) is 2.60. The highest BCUT2D eigenvalue weighted by atomic mass is 16.5. The molecule has 2 aromatic rings. The van der Waals surface area contributed by atoms with Gasteiger partial charge >= 0.3 is 12.0 Å². The third-order valence-electron chi connectivity index (χ3n) is 3.45. The van der Waals surface area contributed by atoms with Crippen molar-refractivity contribution in [3.63, 3.8) is 0 Å². The number of nitrogens with zero attached hydrogens (tertiary/aromatic N) is 2. The molecule has 0 aliphatic heterocycles. The maximum Gasteiger partial charge on any atom is 0.325 e. The first kappa shape index (κ1) is 16.9. The Kier molecular flexibility index (Phi) is 6.09. The summed E-state index contributed by atoms with van der Waals surface area (Å²) in [6.45, 7) is 6.36. The van der Waals surface area contributed by atoms with Crippen LogP contribution in [0.1, 0.15) is 33.6 Å². The smallest absolute Gasteiger partial charge is 0.325 e. The van der Waals surface area contributed by atoms with E-state index in [-0.39, 0.29) is 17.9 Å². The van der Waals surface area contributed by atoms with Gasteiger partial charge < -0.3 is 9.47 Å². The van der Waals surface area contributed by atoms with E-state index in [0.717, 1.165) is 12.0 Å². The molecule has 1 heterocycles. The van der Waals surface area contributed by atoms with E-state index in [2.05, 4.69) is 9.97 Å². The van der Waals surface area contributed by atoms with Crippen LogP contribution in [-0.2, 0) is 4.79 Å². The van der Waals surface area contributed by atoms with Crippen molar-refractivity contribution in [1.82, 2.24) is 9.97 Å². The summed E-state index contributed by atoms with van der Waals surface area (Å²) in [5, 5.41) is 0. The molecule has 0 fully saturated rings. The molecule has 0 spiro atoms. The third kappa shape index (κ3) is 4.52. The molecule has 2 rings (SSSR count). The molecule has 0 saturated carbocycles. The van der Waals surface area contributed by atoms with Crippen molar-refractivity contribution in [3.8, 4) is 23.0 Å². The van der Waals surface area contributed by atoms with E-state index in [9.17, 15) is 4.79 Å². The minimum atomic E-state index is -0.325. The molecule has 0 bridgehead atoms. The van der Waals surface area contributed by atoms with E-state index in [1.54, 1.807) is 6.20 Å². The summed E-state index contributed by atoms with van der Waals surface area (Å²) in [6, 6.07) is 9.69. The van der Waals surface area contributed by atoms with Gasteiger partial charge in [0, 0.05) is 5.56 Å². The number of carbonyl (C=O) groups excluding carboxylic acids is 1. The van der Waals surface area contributed by atoms with Gasteiger partial charge in [0.25, 0.3) is 0 Å². The lowest BCUT2D eigenvalue weighted by Crippen LogP contribution is -2.18. The summed E-state index contributed by atoms with van der Waals surface area (Å²) in [5.74, 6) is 0.0740. The van der Waals surface area contributed by atoms with E-state index < -0.39 is 0 Å². The van der Waals surface area contributed by atoms with Crippen molar-refractivity contribution in [2.45, 2.75) is 33.6 Å². The Balaban J connectivity index is 2.31. The maximum atomic E-state index is 11.9. The van der Waals surface area contributed by atoms with E-state index in [1.807, 2.05) is 51.1 Å². The molecule has 0 amide bonds. The fraction of sp³-hybridized carbons (Fsp3) is 0.389. The van der Waals surface area contributed by atoms with E-state index in [1.165, 1.54) is 0 Å². The Morgan fingerprint density at radius 2 is 1.96 bits per heavy atom. The minimum absolute atomic E-state index is 0.0537. The summed E-state index contributed by atoms with van der Waals surface area (Å²) >= 11 is 0. The van der Waals surface area contributed by atoms with Crippen LogP contribution in [0.5, 0.6) is 11.8 Å². The molecule has 0 saturated heterocycles. The number of benzene rings is 1. The lowest BCUT2D eigenvalue weighted by atomic mass is 10.1. The van der Waals surface area contributed by atoms with E-state index in [0.29, 0.717) is 24.5 Å². The van der Waals surface area contributed by atoms with Crippen LogP contribution in [0.4, 0.5) is 0 Å². The standard InChI is InChI=1S/C18H22N2O3/c1-4-11-22-15-12-19-18(23-17(21)13(3)5-2)20-16(15)14-9-7-6-8-10-14/h6-10,12-13H,4-5,11H2,1-3H3. The average molecular weight is 314 g/mol. The predicted octanol–water partition coefficient (Wildman–Crippen LogP) is 3.88. The van der Waals surface area contributed by atoms with Gasteiger partial charge in [0.2, 0.25) is 0 Å². The van der Waals surface area contributed by atoms with Gasteiger partial charge in [-0.1, -0.05) is 51.1 Å². The number of aromatic nitrogens is 2. The molecular weight excluding hydrogens is 292 g/mol. The molecule has 5 nitrogen and oxygen atoms in total. The van der Waals surface area contributed by atoms with E-state index in [4.69, 9.17) is 9.47 Å². The van der Waals surface area contributed by atoms with Crippen molar-refractivity contribution in [2.24, 2.45) is 5.92 Å². The van der Waals surface area contributed by atoms with Crippen LogP contribution in [0.2, 0.25) is 0 Å². The summed E-state index contributed by atoms with van der Waals surface area (Å²) in [5.41, 5.74) is 1.52. The first-order valence-electron chi connectivity index (χ1n) is 7.92. The molecule has 122 valence electrons. The zero-order chi connectivity index (χ0) is 16.7. The van der Waals surface area contributed by atoms with E-state index >= 15 is 0 Å². The van der Waals surface area contributed by atoms with Crippen molar-refractivity contribution >= 4 is 5.97 Å². The molecular formula is C18H22N2O3. The Morgan fingerprint density at radius 1 is 1.22 bits per heavy atom. The van der Waals surface area contributed by atoms with Crippen molar-refractivity contribution in [3.05, 3.63) is 36.5 Å². The largest absolute Gasteiger partial charge is 0.490 e. The Morgan fingerprint density at radius 3 is 2.61 bits per heavy atom. The number of esters is 1. The second kappa shape index (κ2) is 8.27. The highest BCUT2D eigenvalue weighted by Gasteiger charge is 2.17. The Hall–Kier alpha value is -2.43. The molecule has 5 heteroatoms. The zero-order valence-corrected chi connectivity index (χ0v) is 13.8. The van der Waals surface area contributed by atoms with Crippen LogP contribution in [0.15, 0.2) is 36.5 Å². The quantitative estimate of drug-likeness (QED) is 0.726. The van der Waals surface area contributed by atoms with Gasteiger partial charge in [0.1, 0.15) is 5.69 Å². The normalized spacial score (nSPS) is 11.8. The first-order chi connectivity index (χ1) is 11.2. The predicted molar refractivity (Wildman–Crippen MR) is 88.3 cm³/mol. The molecule has 1 aromatic heterocycles. The van der Waals surface area contributed by atoms with Crippen LogP contribution in [0, 0.1) is 5.92 Å². The molecule has 0 radical (unpaired) electrons. The minimum Gasteiger partial charge on any atom is -0.490 e. The summed E-state index contributed by atoms with van der Waals surface area (Å²) in [6.07, 6.45) is 3.16. The van der Waals surface area contributed by atoms with Gasteiger partial charge in [0.05, 0.1) is 18.7 Å². The second-order valence-corrected chi connectivity index (χ2v) is 5.31. The van der Waals surface area contributed by atoms with Crippen LogP contribution in [-0.4, -0.2) is 22.5 Å². The number of hydrogen-bond acceptors (Lipinski definition) is 5. The maximum absolute atomic E-state index is 11.9. The van der Waals surface area contributed by atoms with Crippen LogP contribution < -0.4 is 9.47 Å². The summed E-state index contributed by atoms with van der Waals surface area (Å²) < 4.78 is 11.0. The van der Waals surface area contributed by atoms with Gasteiger partial charge in [-0.05, 0) is 12.8 Å². The molecule has 1 atom stereocenters. The molecule has 0 aliphatic carbocycles. The number of rotatable bonds is 7. The van der Waals surface area contributed by atoms with Crippen molar-refractivity contribution in [1.29, 1.82) is 0 Å². The van der Waals surface area contributed by atoms with Crippen molar-refractivity contribution in [2.75, 3.05) is 6.61 Å². The monoisotopic (exact) mass is 314 g/mol. The molecule has 0 aliphatic rings. The molecule has 0 N–H and O–H groups in total. The van der Waals surface area contributed by atoms with Gasteiger partial charge in [0.15, 0.2) is 5.75 Å². The van der Waals surface area contributed by atoms with Gasteiger partial charge in [-0.15, -0.1) is 0 Å². The topological polar surface area (TPSA) is 61.3 Å². The number of hydrogen-bond donors (Lipinski definition) is 0. The fourth-order valence-corrected chi connectivity index (χ4v) is 1.88. The highest BCUT2D eigenvalue weighted by molar-refractivity contribution is 5.74. The zero-order valence-electron chi connectivity index (χ0n) is 13.8. The second-order valence-electron chi connectivity index (χ2n) is 5.31. The lowest BCUT2D eigenvalue weighted by Gasteiger charge is -2.12. The van der Waals surface area contributed by atoms with Crippen LogP contribution >= 0.6 is 0 Å².